The fourth-order valence-electron chi connectivity index (χ4n) is 4.03. The Morgan fingerprint density at radius 2 is 1.35 bits per heavy atom. The number of aryl methyl sites for hydroxylation is 1. The summed E-state index contributed by atoms with van der Waals surface area (Å²) in [5.41, 5.74) is 8.30. The molecule has 0 spiro atoms. The highest BCUT2D eigenvalue weighted by Crippen LogP contribution is 2.36. The minimum atomic E-state index is 0.558. The first kappa shape index (κ1) is 22.2. The van der Waals surface area contributed by atoms with Gasteiger partial charge in [0.15, 0.2) is 0 Å². The number of halogens is 2. The Bertz CT molecular complexity index is 1450. The molecule has 0 radical (unpaired) electrons. The number of benzene rings is 4. The summed E-state index contributed by atoms with van der Waals surface area (Å²) in [6.45, 7) is 2.10. The summed E-state index contributed by atoms with van der Waals surface area (Å²) in [6.07, 6.45) is 1.87. The van der Waals surface area contributed by atoms with Crippen molar-refractivity contribution in [3.63, 3.8) is 0 Å². The van der Waals surface area contributed by atoms with Gasteiger partial charge < -0.3 is 4.57 Å². The van der Waals surface area contributed by atoms with Crippen molar-refractivity contribution in [2.24, 2.45) is 4.99 Å². The average Bonchev–Trinajstić information content (AvgIpc) is 3.25. The van der Waals surface area contributed by atoms with Crippen molar-refractivity contribution in [1.82, 2.24) is 4.57 Å². The van der Waals surface area contributed by atoms with Gasteiger partial charge in [-0.15, -0.1) is 0 Å². The zero-order chi connectivity index (χ0) is 23.5. The van der Waals surface area contributed by atoms with Crippen LogP contribution in [0.5, 0.6) is 0 Å². The molecule has 2 nitrogen and oxygen atoms in total. The van der Waals surface area contributed by atoms with Gasteiger partial charge in [0.2, 0.25) is 0 Å². The molecule has 34 heavy (non-hydrogen) atoms. The van der Waals surface area contributed by atoms with E-state index in [1.807, 2.05) is 18.3 Å². The van der Waals surface area contributed by atoms with Crippen LogP contribution in [-0.4, -0.2) is 10.8 Å². The molecule has 0 bridgehead atoms. The molecule has 0 amide bonds. The van der Waals surface area contributed by atoms with Crippen LogP contribution in [0.1, 0.15) is 11.1 Å². The maximum absolute atomic E-state index is 6.38. The smallest absolute Gasteiger partial charge is 0.0830 e. The maximum atomic E-state index is 6.38. The van der Waals surface area contributed by atoms with Crippen LogP contribution >= 0.6 is 23.2 Å². The summed E-state index contributed by atoms with van der Waals surface area (Å²) in [5.74, 6) is 0. The van der Waals surface area contributed by atoms with Gasteiger partial charge in [0, 0.05) is 22.5 Å². The second kappa shape index (κ2) is 9.72. The fraction of sp³-hybridized carbons (Fsp3) is 0.0333. The predicted octanol–water partition coefficient (Wildman–Crippen LogP) is 9.18. The van der Waals surface area contributed by atoms with Crippen LogP contribution in [0.2, 0.25) is 10.0 Å². The lowest BCUT2D eigenvalue weighted by atomic mass is 10.1. The molecule has 1 heterocycles. The summed E-state index contributed by atoms with van der Waals surface area (Å²) in [7, 11) is 0. The number of hydrogen-bond acceptors (Lipinski definition) is 1. The Morgan fingerprint density at radius 1 is 0.706 bits per heavy atom. The molecular formula is C30H22Cl2N2. The predicted molar refractivity (Wildman–Crippen MR) is 145 cm³/mol. The summed E-state index contributed by atoms with van der Waals surface area (Å²) in [6, 6.07) is 36.9. The molecule has 0 atom stereocenters. The Kier molecular flexibility index (Phi) is 6.35. The van der Waals surface area contributed by atoms with E-state index in [2.05, 4.69) is 90.4 Å². The molecule has 4 heteroatoms. The zero-order valence-electron chi connectivity index (χ0n) is 18.6. The van der Waals surface area contributed by atoms with Gasteiger partial charge in [-0.1, -0.05) is 102 Å². The average molecular weight is 481 g/mol. The van der Waals surface area contributed by atoms with Crippen LogP contribution in [0, 0.1) is 6.92 Å². The van der Waals surface area contributed by atoms with Gasteiger partial charge >= 0.3 is 0 Å². The molecule has 0 unspecified atom stereocenters. The molecule has 5 rings (SSSR count). The summed E-state index contributed by atoms with van der Waals surface area (Å²) in [5, 5.41) is 1.16. The molecule has 0 aliphatic carbocycles. The quantitative estimate of drug-likeness (QED) is 0.223. The van der Waals surface area contributed by atoms with E-state index in [0.717, 1.165) is 33.8 Å². The van der Waals surface area contributed by atoms with E-state index in [0.29, 0.717) is 15.7 Å². The number of nitrogens with zero attached hydrogens (tertiary/aromatic N) is 2. The zero-order valence-corrected chi connectivity index (χ0v) is 20.1. The second-order valence-electron chi connectivity index (χ2n) is 8.09. The van der Waals surface area contributed by atoms with Crippen molar-refractivity contribution in [1.29, 1.82) is 0 Å². The highest BCUT2D eigenvalue weighted by atomic mass is 35.5. The van der Waals surface area contributed by atoms with E-state index in [-0.39, 0.29) is 0 Å². The van der Waals surface area contributed by atoms with E-state index >= 15 is 0 Å². The summed E-state index contributed by atoms with van der Waals surface area (Å²) >= 11 is 12.6. The SMILES string of the molecule is Cc1ccc(-n2c(-c3ccccc3)cc(C=Nc3cc(Cl)ccc3Cl)c2-c2ccccc2)cc1. The number of aliphatic imine (C=N–C) groups is 1. The Labute approximate surface area is 209 Å². The van der Waals surface area contributed by atoms with Crippen LogP contribution in [0.15, 0.2) is 114 Å². The number of rotatable bonds is 5. The van der Waals surface area contributed by atoms with Crippen LogP contribution < -0.4 is 0 Å². The standard InChI is InChI=1S/C30H22Cl2N2/c1-21-12-15-26(16-13-21)34-29(22-8-4-2-5-9-22)18-24(30(34)23-10-6-3-7-11-23)20-33-28-19-25(31)14-17-27(28)32/h2-20H,1H3. The minimum Gasteiger partial charge on any atom is -0.309 e. The molecule has 0 saturated carbocycles. The van der Waals surface area contributed by atoms with E-state index in [9.17, 15) is 0 Å². The van der Waals surface area contributed by atoms with Gasteiger partial charge in [-0.3, -0.25) is 4.99 Å². The fourth-order valence-corrected chi connectivity index (χ4v) is 4.36. The Balaban J connectivity index is 1.78. The molecule has 0 aliphatic heterocycles. The first-order chi connectivity index (χ1) is 16.6. The molecule has 0 aliphatic rings. The third-order valence-electron chi connectivity index (χ3n) is 5.69. The van der Waals surface area contributed by atoms with Crippen LogP contribution in [0.25, 0.3) is 28.2 Å². The lowest BCUT2D eigenvalue weighted by Crippen LogP contribution is -2.00. The monoisotopic (exact) mass is 480 g/mol. The second-order valence-corrected chi connectivity index (χ2v) is 8.93. The van der Waals surface area contributed by atoms with Gasteiger partial charge in [-0.2, -0.15) is 0 Å². The highest BCUT2D eigenvalue weighted by Gasteiger charge is 2.18. The molecule has 0 fully saturated rings. The van der Waals surface area contributed by atoms with Gasteiger partial charge in [0.25, 0.3) is 0 Å². The van der Waals surface area contributed by atoms with E-state index in [1.54, 1.807) is 18.2 Å². The van der Waals surface area contributed by atoms with Crippen LogP contribution in [0.4, 0.5) is 5.69 Å². The first-order valence-corrected chi connectivity index (χ1v) is 11.8. The van der Waals surface area contributed by atoms with E-state index in [1.165, 1.54) is 5.56 Å². The lowest BCUT2D eigenvalue weighted by molar-refractivity contribution is 1.09. The van der Waals surface area contributed by atoms with Crippen molar-refractivity contribution in [2.75, 3.05) is 0 Å². The van der Waals surface area contributed by atoms with Crippen molar-refractivity contribution >= 4 is 35.1 Å². The Morgan fingerprint density at radius 3 is 2.03 bits per heavy atom. The van der Waals surface area contributed by atoms with E-state index < -0.39 is 0 Å². The number of hydrogen-bond donors (Lipinski definition) is 0. The lowest BCUT2D eigenvalue weighted by Gasteiger charge is -2.15. The van der Waals surface area contributed by atoms with Gasteiger partial charge in [0.1, 0.15) is 0 Å². The van der Waals surface area contributed by atoms with Crippen molar-refractivity contribution in [3.05, 3.63) is 130 Å². The van der Waals surface area contributed by atoms with Crippen molar-refractivity contribution < 1.29 is 0 Å². The van der Waals surface area contributed by atoms with Crippen LogP contribution in [0.3, 0.4) is 0 Å². The normalized spacial score (nSPS) is 11.3. The van der Waals surface area contributed by atoms with Gasteiger partial charge in [-0.25, -0.2) is 0 Å². The topological polar surface area (TPSA) is 17.3 Å². The third kappa shape index (κ3) is 4.56. The largest absolute Gasteiger partial charge is 0.309 e. The van der Waals surface area contributed by atoms with Crippen molar-refractivity contribution in [2.45, 2.75) is 6.92 Å². The third-order valence-corrected chi connectivity index (χ3v) is 6.24. The molecule has 0 N–H and O–H groups in total. The molecule has 0 saturated heterocycles. The van der Waals surface area contributed by atoms with Gasteiger partial charge in [0.05, 0.1) is 22.1 Å². The maximum Gasteiger partial charge on any atom is 0.0830 e. The molecular weight excluding hydrogens is 459 g/mol. The summed E-state index contributed by atoms with van der Waals surface area (Å²) in [4.78, 5) is 4.72. The first-order valence-electron chi connectivity index (χ1n) is 11.0. The highest BCUT2D eigenvalue weighted by molar-refractivity contribution is 6.35. The minimum absolute atomic E-state index is 0.558. The number of aromatic nitrogens is 1. The molecule has 5 aromatic rings. The summed E-state index contributed by atoms with van der Waals surface area (Å²) < 4.78 is 2.30. The van der Waals surface area contributed by atoms with E-state index in [4.69, 9.17) is 28.2 Å². The molecule has 4 aromatic carbocycles. The van der Waals surface area contributed by atoms with Gasteiger partial charge in [-0.05, 0) is 54.4 Å². The van der Waals surface area contributed by atoms with Crippen molar-refractivity contribution in [3.8, 4) is 28.2 Å². The molecule has 1 aromatic heterocycles. The molecule has 166 valence electrons. The Hall–Kier alpha value is -3.59. The van der Waals surface area contributed by atoms with Crippen LogP contribution in [-0.2, 0) is 0 Å².